The minimum absolute atomic E-state index is 0.270. The number of carbonyl (C=O) groups is 1. The zero-order valence-corrected chi connectivity index (χ0v) is 14.1. The van der Waals surface area contributed by atoms with Gasteiger partial charge in [0.05, 0.1) is 6.54 Å². The third-order valence-corrected chi connectivity index (χ3v) is 5.17. The standard InChI is InChI=1S/C18H23N5O/c1-14-19-20-17-13-21(9-10-23(14)17)16-11-22(12-16)18(24)8-7-15-5-3-2-4-6-15/h2-6,16H,7-13H2,1H3. The average molecular weight is 325 g/mol. The van der Waals surface area contributed by atoms with Crippen molar-refractivity contribution in [2.24, 2.45) is 0 Å². The number of hydrogen-bond donors (Lipinski definition) is 0. The molecule has 0 N–H and O–H groups in total. The summed E-state index contributed by atoms with van der Waals surface area (Å²) in [5, 5.41) is 8.41. The first kappa shape index (κ1) is 15.3. The fourth-order valence-electron chi connectivity index (χ4n) is 3.58. The van der Waals surface area contributed by atoms with E-state index in [4.69, 9.17) is 0 Å². The maximum atomic E-state index is 12.3. The Balaban J connectivity index is 1.25. The molecule has 6 nitrogen and oxygen atoms in total. The Hall–Kier alpha value is -2.21. The van der Waals surface area contributed by atoms with Gasteiger partial charge in [0, 0.05) is 38.6 Å². The van der Waals surface area contributed by atoms with Crippen molar-refractivity contribution in [1.82, 2.24) is 24.6 Å². The Morgan fingerprint density at radius 2 is 1.96 bits per heavy atom. The summed E-state index contributed by atoms with van der Waals surface area (Å²) in [7, 11) is 0. The molecule has 0 bridgehead atoms. The van der Waals surface area contributed by atoms with Gasteiger partial charge in [-0.2, -0.15) is 0 Å². The third kappa shape index (κ3) is 2.94. The van der Waals surface area contributed by atoms with Crippen LogP contribution in [-0.4, -0.2) is 56.1 Å². The summed E-state index contributed by atoms with van der Waals surface area (Å²) < 4.78 is 2.19. The highest BCUT2D eigenvalue weighted by molar-refractivity contribution is 5.77. The van der Waals surface area contributed by atoms with Crippen LogP contribution in [-0.2, 0) is 24.3 Å². The molecule has 126 valence electrons. The van der Waals surface area contributed by atoms with Gasteiger partial charge in [0.25, 0.3) is 0 Å². The molecule has 2 aromatic rings. The number of aromatic nitrogens is 3. The smallest absolute Gasteiger partial charge is 0.223 e. The van der Waals surface area contributed by atoms with Crippen molar-refractivity contribution >= 4 is 5.91 Å². The van der Waals surface area contributed by atoms with Crippen LogP contribution in [0.1, 0.15) is 23.6 Å². The molecule has 6 heteroatoms. The molecule has 4 rings (SSSR count). The number of nitrogens with zero attached hydrogens (tertiary/aromatic N) is 5. The minimum atomic E-state index is 0.270. The summed E-state index contributed by atoms with van der Waals surface area (Å²) in [6.07, 6.45) is 1.43. The van der Waals surface area contributed by atoms with Gasteiger partial charge in [-0.1, -0.05) is 30.3 Å². The van der Waals surface area contributed by atoms with Crippen LogP contribution in [0.5, 0.6) is 0 Å². The van der Waals surface area contributed by atoms with Crippen molar-refractivity contribution in [2.45, 2.75) is 38.9 Å². The van der Waals surface area contributed by atoms with E-state index in [0.29, 0.717) is 12.5 Å². The lowest BCUT2D eigenvalue weighted by molar-refractivity contribution is -0.139. The van der Waals surface area contributed by atoms with Gasteiger partial charge in [0.15, 0.2) is 0 Å². The molecule has 0 unspecified atom stereocenters. The fourth-order valence-corrected chi connectivity index (χ4v) is 3.58. The van der Waals surface area contributed by atoms with Crippen LogP contribution >= 0.6 is 0 Å². The van der Waals surface area contributed by atoms with E-state index in [2.05, 4.69) is 31.8 Å². The fraction of sp³-hybridized carbons (Fsp3) is 0.500. The molecular weight excluding hydrogens is 302 g/mol. The summed E-state index contributed by atoms with van der Waals surface area (Å²) in [5.74, 6) is 2.31. The van der Waals surface area contributed by atoms with E-state index in [1.54, 1.807) is 0 Å². The second-order valence-electron chi connectivity index (χ2n) is 6.72. The van der Waals surface area contributed by atoms with Crippen molar-refractivity contribution in [3.63, 3.8) is 0 Å². The molecule has 0 atom stereocenters. The van der Waals surface area contributed by atoms with Crippen LogP contribution in [0.4, 0.5) is 0 Å². The Bertz CT molecular complexity index is 720. The van der Waals surface area contributed by atoms with Crippen LogP contribution < -0.4 is 0 Å². The van der Waals surface area contributed by atoms with E-state index in [0.717, 1.165) is 50.8 Å². The van der Waals surface area contributed by atoms with Gasteiger partial charge in [-0.15, -0.1) is 10.2 Å². The summed E-state index contributed by atoms with van der Waals surface area (Å²) in [5.41, 5.74) is 1.23. The first-order valence-corrected chi connectivity index (χ1v) is 8.65. The highest BCUT2D eigenvalue weighted by Gasteiger charge is 2.36. The summed E-state index contributed by atoms with van der Waals surface area (Å²) in [4.78, 5) is 16.7. The van der Waals surface area contributed by atoms with Gasteiger partial charge in [-0.3, -0.25) is 9.69 Å². The van der Waals surface area contributed by atoms with Crippen molar-refractivity contribution in [1.29, 1.82) is 0 Å². The van der Waals surface area contributed by atoms with E-state index in [1.165, 1.54) is 5.56 Å². The highest BCUT2D eigenvalue weighted by Crippen LogP contribution is 2.21. The first-order chi connectivity index (χ1) is 11.7. The molecule has 0 saturated carbocycles. The maximum absolute atomic E-state index is 12.3. The number of likely N-dealkylation sites (tertiary alicyclic amines) is 1. The van der Waals surface area contributed by atoms with Gasteiger partial charge in [-0.25, -0.2) is 0 Å². The molecule has 0 aliphatic carbocycles. The zero-order chi connectivity index (χ0) is 16.5. The zero-order valence-electron chi connectivity index (χ0n) is 14.1. The molecule has 2 aliphatic rings. The lowest BCUT2D eigenvalue weighted by Gasteiger charge is -2.46. The highest BCUT2D eigenvalue weighted by atomic mass is 16.2. The molecule has 3 heterocycles. The van der Waals surface area contributed by atoms with Crippen LogP contribution in [0.15, 0.2) is 30.3 Å². The number of fused-ring (bicyclic) bond motifs is 1. The van der Waals surface area contributed by atoms with Crippen molar-refractivity contribution in [2.75, 3.05) is 19.6 Å². The average Bonchev–Trinajstić information content (AvgIpc) is 2.93. The molecule has 1 aromatic heterocycles. The molecule has 0 radical (unpaired) electrons. The molecule has 24 heavy (non-hydrogen) atoms. The van der Waals surface area contributed by atoms with Gasteiger partial charge in [0.1, 0.15) is 11.6 Å². The van der Waals surface area contributed by atoms with E-state index in [-0.39, 0.29) is 5.91 Å². The van der Waals surface area contributed by atoms with E-state index < -0.39 is 0 Å². The van der Waals surface area contributed by atoms with Gasteiger partial charge >= 0.3 is 0 Å². The summed E-state index contributed by atoms with van der Waals surface area (Å²) in [6, 6.07) is 10.7. The van der Waals surface area contributed by atoms with Crippen molar-refractivity contribution in [3.05, 3.63) is 47.5 Å². The summed E-state index contributed by atoms with van der Waals surface area (Å²) in [6.45, 7) is 6.51. The van der Waals surface area contributed by atoms with E-state index >= 15 is 0 Å². The second kappa shape index (κ2) is 6.36. The Morgan fingerprint density at radius 1 is 1.17 bits per heavy atom. The number of rotatable bonds is 4. The first-order valence-electron chi connectivity index (χ1n) is 8.65. The molecule has 2 aliphatic heterocycles. The van der Waals surface area contributed by atoms with Gasteiger partial charge in [0.2, 0.25) is 5.91 Å². The molecule has 1 saturated heterocycles. The quantitative estimate of drug-likeness (QED) is 0.849. The molecule has 0 spiro atoms. The predicted octanol–water partition coefficient (Wildman–Crippen LogP) is 1.25. The maximum Gasteiger partial charge on any atom is 0.223 e. The topological polar surface area (TPSA) is 54.3 Å². The van der Waals surface area contributed by atoms with Gasteiger partial charge in [-0.05, 0) is 18.9 Å². The predicted molar refractivity (Wildman–Crippen MR) is 90.3 cm³/mol. The lowest BCUT2D eigenvalue weighted by Crippen LogP contribution is -2.62. The van der Waals surface area contributed by atoms with E-state index in [1.807, 2.05) is 30.0 Å². The Kier molecular flexibility index (Phi) is 4.06. The van der Waals surface area contributed by atoms with Crippen molar-refractivity contribution < 1.29 is 4.79 Å². The molecule has 1 fully saturated rings. The monoisotopic (exact) mass is 325 g/mol. The van der Waals surface area contributed by atoms with Crippen LogP contribution in [0.2, 0.25) is 0 Å². The normalized spacial score (nSPS) is 18.3. The number of carbonyl (C=O) groups excluding carboxylic acids is 1. The van der Waals surface area contributed by atoms with Gasteiger partial charge < -0.3 is 9.47 Å². The molecule has 1 amide bonds. The molecule has 1 aromatic carbocycles. The largest absolute Gasteiger partial charge is 0.339 e. The van der Waals surface area contributed by atoms with E-state index in [9.17, 15) is 4.79 Å². The number of aryl methyl sites for hydroxylation is 2. The molecular formula is C18H23N5O. The second-order valence-corrected chi connectivity index (χ2v) is 6.72. The van der Waals surface area contributed by atoms with Crippen LogP contribution in [0.3, 0.4) is 0 Å². The lowest BCUT2D eigenvalue weighted by atomic mass is 10.0. The minimum Gasteiger partial charge on any atom is -0.339 e. The Labute approximate surface area is 142 Å². The van der Waals surface area contributed by atoms with Crippen molar-refractivity contribution in [3.8, 4) is 0 Å². The number of amides is 1. The number of benzene rings is 1. The summed E-state index contributed by atoms with van der Waals surface area (Å²) >= 11 is 0. The Morgan fingerprint density at radius 3 is 2.75 bits per heavy atom. The SMILES string of the molecule is Cc1nnc2n1CCN(C1CN(C(=O)CCc3ccccc3)C1)C2. The third-order valence-electron chi connectivity index (χ3n) is 5.17. The van der Waals surface area contributed by atoms with Crippen LogP contribution in [0.25, 0.3) is 0 Å². The number of hydrogen-bond acceptors (Lipinski definition) is 4. The van der Waals surface area contributed by atoms with Crippen LogP contribution in [0, 0.1) is 6.92 Å².